The summed E-state index contributed by atoms with van der Waals surface area (Å²) in [4.78, 5) is 10.9. The Morgan fingerprint density at radius 1 is 1.24 bits per heavy atom. The molecule has 0 fully saturated rings. The maximum absolute atomic E-state index is 10.9. The summed E-state index contributed by atoms with van der Waals surface area (Å²) in [5.41, 5.74) is 1.43. The highest BCUT2D eigenvalue weighted by molar-refractivity contribution is 5.87. The van der Waals surface area contributed by atoms with Gasteiger partial charge >= 0.3 is 5.97 Å². The number of nitrogens with zero attached hydrogens (tertiary/aromatic N) is 1. The molecule has 0 bridgehead atoms. The predicted octanol–water partition coefficient (Wildman–Crippen LogP) is 2.84. The molecule has 0 amide bonds. The van der Waals surface area contributed by atoms with Crippen molar-refractivity contribution in [3.8, 4) is 17.6 Å². The second kappa shape index (κ2) is 6.44. The molecule has 21 heavy (non-hydrogen) atoms. The Morgan fingerprint density at radius 3 is 2.71 bits per heavy atom. The molecule has 0 atom stereocenters. The molecule has 1 N–H and O–H groups in total. The third kappa shape index (κ3) is 3.51. The van der Waals surface area contributed by atoms with E-state index in [0.717, 1.165) is 5.56 Å². The summed E-state index contributed by atoms with van der Waals surface area (Å²) in [5.74, 6) is -0.0199. The smallest absolute Gasteiger partial charge is 0.335 e. The van der Waals surface area contributed by atoms with Crippen LogP contribution in [0.1, 0.15) is 21.5 Å². The number of hydrogen-bond acceptors (Lipinski definition) is 4. The number of methoxy groups -OCH3 is 1. The Kier molecular flexibility index (Phi) is 4.42. The molecular formula is C16H13NO4. The van der Waals surface area contributed by atoms with Crippen molar-refractivity contribution in [2.75, 3.05) is 7.11 Å². The summed E-state index contributed by atoms with van der Waals surface area (Å²) in [7, 11) is 1.49. The van der Waals surface area contributed by atoms with Gasteiger partial charge in [-0.3, -0.25) is 0 Å². The van der Waals surface area contributed by atoms with E-state index in [-0.39, 0.29) is 12.2 Å². The van der Waals surface area contributed by atoms with Crippen LogP contribution in [0.25, 0.3) is 0 Å². The summed E-state index contributed by atoms with van der Waals surface area (Å²) in [6, 6.07) is 13.4. The number of hydrogen-bond donors (Lipinski definition) is 1. The summed E-state index contributed by atoms with van der Waals surface area (Å²) in [6.45, 7) is 0.212. The minimum Gasteiger partial charge on any atom is -0.493 e. The second-order valence-electron chi connectivity index (χ2n) is 4.27. The lowest BCUT2D eigenvalue weighted by Crippen LogP contribution is -2.01. The lowest BCUT2D eigenvalue weighted by Gasteiger charge is -2.11. The molecule has 0 aliphatic carbocycles. The van der Waals surface area contributed by atoms with E-state index in [1.54, 1.807) is 36.4 Å². The first kappa shape index (κ1) is 14.4. The fourth-order valence-corrected chi connectivity index (χ4v) is 1.81. The standard InChI is InChI=1S/C16H13NO4/c1-20-15-8-11(9-17)5-6-14(15)21-10-12-3-2-4-13(7-12)16(18)19/h2-8H,10H2,1H3,(H,18,19). The van der Waals surface area contributed by atoms with Gasteiger partial charge in [0.05, 0.1) is 24.3 Å². The third-order valence-electron chi connectivity index (χ3n) is 2.86. The van der Waals surface area contributed by atoms with Gasteiger partial charge in [-0.1, -0.05) is 12.1 Å². The molecule has 2 aromatic carbocycles. The van der Waals surface area contributed by atoms with Crippen LogP contribution >= 0.6 is 0 Å². The van der Waals surface area contributed by atoms with E-state index in [1.165, 1.54) is 13.2 Å². The summed E-state index contributed by atoms with van der Waals surface area (Å²) in [6.07, 6.45) is 0. The molecule has 106 valence electrons. The molecule has 0 aliphatic heterocycles. The number of carbonyl (C=O) groups is 1. The first-order valence-corrected chi connectivity index (χ1v) is 6.17. The average molecular weight is 283 g/mol. The van der Waals surface area contributed by atoms with Gasteiger partial charge in [-0.2, -0.15) is 5.26 Å². The van der Waals surface area contributed by atoms with Crippen LogP contribution in [-0.4, -0.2) is 18.2 Å². The summed E-state index contributed by atoms with van der Waals surface area (Å²) >= 11 is 0. The lowest BCUT2D eigenvalue weighted by molar-refractivity contribution is 0.0696. The molecular weight excluding hydrogens is 270 g/mol. The van der Waals surface area contributed by atoms with E-state index in [1.807, 2.05) is 6.07 Å². The van der Waals surface area contributed by atoms with Gasteiger partial charge in [0.1, 0.15) is 6.61 Å². The van der Waals surface area contributed by atoms with Crippen LogP contribution < -0.4 is 9.47 Å². The molecule has 0 unspecified atom stereocenters. The van der Waals surface area contributed by atoms with E-state index in [4.69, 9.17) is 19.8 Å². The molecule has 0 aliphatic rings. The number of carboxylic acids is 1. The van der Waals surface area contributed by atoms with Crippen molar-refractivity contribution < 1.29 is 19.4 Å². The van der Waals surface area contributed by atoms with Crippen molar-refractivity contribution >= 4 is 5.97 Å². The minimum atomic E-state index is -0.979. The van der Waals surface area contributed by atoms with Crippen LogP contribution in [0.3, 0.4) is 0 Å². The second-order valence-corrected chi connectivity index (χ2v) is 4.27. The monoisotopic (exact) mass is 283 g/mol. The minimum absolute atomic E-state index is 0.211. The molecule has 0 aromatic heterocycles. The van der Waals surface area contributed by atoms with Crippen LogP contribution in [0.5, 0.6) is 11.5 Å². The zero-order chi connectivity index (χ0) is 15.2. The molecule has 0 heterocycles. The molecule has 2 rings (SSSR count). The maximum Gasteiger partial charge on any atom is 0.335 e. The number of rotatable bonds is 5. The van der Waals surface area contributed by atoms with E-state index >= 15 is 0 Å². The number of aromatic carboxylic acids is 1. The summed E-state index contributed by atoms with van der Waals surface area (Å²) < 4.78 is 10.8. The van der Waals surface area contributed by atoms with Gasteiger partial charge in [0.2, 0.25) is 0 Å². The van der Waals surface area contributed by atoms with Gasteiger partial charge in [-0.15, -0.1) is 0 Å². The van der Waals surface area contributed by atoms with Crippen LogP contribution in [0.15, 0.2) is 42.5 Å². The van der Waals surface area contributed by atoms with Crippen molar-refractivity contribution in [3.05, 3.63) is 59.2 Å². The molecule has 2 aromatic rings. The lowest BCUT2D eigenvalue weighted by atomic mass is 10.1. The van der Waals surface area contributed by atoms with Crippen molar-refractivity contribution in [2.24, 2.45) is 0 Å². The number of nitriles is 1. The highest BCUT2D eigenvalue weighted by Crippen LogP contribution is 2.28. The highest BCUT2D eigenvalue weighted by Gasteiger charge is 2.07. The van der Waals surface area contributed by atoms with Crippen molar-refractivity contribution in [2.45, 2.75) is 6.61 Å². The number of ether oxygens (including phenoxy) is 2. The Morgan fingerprint density at radius 2 is 2.05 bits per heavy atom. The van der Waals surface area contributed by atoms with Gasteiger partial charge in [-0.05, 0) is 29.8 Å². The van der Waals surface area contributed by atoms with Gasteiger partial charge in [0.15, 0.2) is 11.5 Å². The van der Waals surface area contributed by atoms with Gasteiger partial charge in [0.25, 0.3) is 0 Å². The first-order chi connectivity index (χ1) is 10.1. The summed E-state index contributed by atoms with van der Waals surface area (Å²) in [5, 5.41) is 17.8. The zero-order valence-electron chi connectivity index (χ0n) is 11.4. The van der Waals surface area contributed by atoms with Crippen molar-refractivity contribution in [1.29, 1.82) is 5.26 Å². The SMILES string of the molecule is COc1cc(C#N)ccc1OCc1cccc(C(=O)O)c1. The highest BCUT2D eigenvalue weighted by atomic mass is 16.5. The third-order valence-corrected chi connectivity index (χ3v) is 2.86. The Labute approximate surface area is 122 Å². The number of benzene rings is 2. The van der Waals surface area contributed by atoms with Gasteiger partial charge in [-0.25, -0.2) is 4.79 Å². The molecule has 0 radical (unpaired) electrons. The fourth-order valence-electron chi connectivity index (χ4n) is 1.81. The zero-order valence-corrected chi connectivity index (χ0v) is 11.4. The quantitative estimate of drug-likeness (QED) is 0.912. The molecule has 0 saturated carbocycles. The van der Waals surface area contributed by atoms with E-state index in [9.17, 15) is 4.79 Å². The van der Waals surface area contributed by atoms with E-state index < -0.39 is 5.97 Å². The molecule has 5 heteroatoms. The van der Waals surface area contributed by atoms with Gasteiger partial charge < -0.3 is 14.6 Å². The largest absolute Gasteiger partial charge is 0.493 e. The Bertz CT molecular complexity index is 704. The van der Waals surface area contributed by atoms with E-state index in [0.29, 0.717) is 17.1 Å². The van der Waals surface area contributed by atoms with Crippen LogP contribution in [0.2, 0.25) is 0 Å². The van der Waals surface area contributed by atoms with Gasteiger partial charge in [0, 0.05) is 6.07 Å². The molecule has 5 nitrogen and oxygen atoms in total. The Hall–Kier alpha value is -3.00. The van der Waals surface area contributed by atoms with Crippen LogP contribution in [0.4, 0.5) is 0 Å². The molecule has 0 saturated heterocycles. The normalized spacial score (nSPS) is 9.71. The predicted molar refractivity (Wildman–Crippen MR) is 75.4 cm³/mol. The maximum atomic E-state index is 10.9. The topological polar surface area (TPSA) is 79.5 Å². The average Bonchev–Trinajstić information content (AvgIpc) is 2.53. The Balaban J connectivity index is 2.15. The van der Waals surface area contributed by atoms with Crippen molar-refractivity contribution in [3.63, 3.8) is 0 Å². The fraction of sp³-hybridized carbons (Fsp3) is 0.125. The molecule has 0 spiro atoms. The van der Waals surface area contributed by atoms with Crippen LogP contribution in [-0.2, 0) is 6.61 Å². The number of carboxylic acid groups (broad SMARTS) is 1. The van der Waals surface area contributed by atoms with Crippen LogP contribution in [0, 0.1) is 11.3 Å². The van der Waals surface area contributed by atoms with E-state index in [2.05, 4.69) is 0 Å². The van der Waals surface area contributed by atoms with Crippen molar-refractivity contribution in [1.82, 2.24) is 0 Å². The first-order valence-electron chi connectivity index (χ1n) is 6.17.